The van der Waals surface area contributed by atoms with Crippen molar-refractivity contribution >= 4 is 6.08 Å². The van der Waals surface area contributed by atoms with Crippen molar-refractivity contribution in [3.8, 4) is 0 Å². The van der Waals surface area contributed by atoms with E-state index in [1.807, 2.05) is 0 Å². The second-order valence-corrected chi connectivity index (χ2v) is 2.90. The maximum Gasteiger partial charge on any atom is 0.264 e. The van der Waals surface area contributed by atoms with Gasteiger partial charge >= 0.3 is 0 Å². The van der Waals surface area contributed by atoms with Gasteiger partial charge in [-0.2, -0.15) is 0 Å². The van der Waals surface area contributed by atoms with Gasteiger partial charge in [-0.1, -0.05) is 12.1 Å². The molecule has 0 radical (unpaired) electrons. The Kier molecular flexibility index (Phi) is 3.48. The number of aryl methyl sites for hydroxylation is 1. The van der Waals surface area contributed by atoms with E-state index < -0.39 is 6.43 Å². The minimum Gasteiger partial charge on any atom is -0.211 e. The van der Waals surface area contributed by atoms with Gasteiger partial charge in [0.1, 0.15) is 0 Å². The number of aliphatic imine (C=N–C) groups is 1. The lowest BCUT2D eigenvalue weighted by Crippen LogP contribution is -1.92. The third-order valence-corrected chi connectivity index (χ3v) is 1.90. The summed E-state index contributed by atoms with van der Waals surface area (Å²) in [6.45, 7) is 1.72. The quantitative estimate of drug-likeness (QED) is 0.541. The smallest absolute Gasteiger partial charge is 0.211 e. The predicted octanol–water partition coefficient (Wildman–Crippen LogP) is 2.77. The zero-order valence-electron chi connectivity index (χ0n) is 7.63. The molecule has 0 spiro atoms. The number of isocyanates is 1. The van der Waals surface area contributed by atoms with Gasteiger partial charge < -0.3 is 0 Å². The van der Waals surface area contributed by atoms with Crippen molar-refractivity contribution in [1.29, 1.82) is 0 Å². The molecule has 0 atom stereocenters. The zero-order valence-corrected chi connectivity index (χ0v) is 7.63. The van der Waals surface area contributed by atoms with Gasteiger partial charge in [-0.3, -0.25) is 0 Å². The van der Waals surface area contributed by atoms with Crippen LogP contribution in [-0.2, 0) is 11.3 Å². The summed E-state index contributed by atoms with van der Waals surface area (Å²) in [7, 11) is 0. The second-order valence-electron chi connectivity index (χ2n) is 2.90. The molecule has 14 heavy (non-hydrogen) atoms. The number of nitrogens with zero attached hydrogens (tertiary/aromatic N) is 1. The van der Waals surface area contributed by atoms with E-state index in [0.29, 0.717) is 11.1 Å². The molecule has 0 N–H and O–H groups in total. The van der Waals surface area contributed by atoms with Gasteiger partial charge in [0.15, 0.2) is 0 Å². The molecule has 1 rings (SSSR count). The lowest BCUT2D eigenvalue weighted by molar-refractivity contribution is 0.150. The molecule has 1 aromatic rings. The molecule has 1 aromatic carbocycles. The standard InChI is InChI=1S/C10H9F2NO/c1-7-2-3-8(5-13-6-14)4-9(7)10(11)12/h2-4,10H,5H2,1H3. The summed E-state index contributed by atoms with van der Waals surface area (Å²) in [6, 6.07) is 4.63. The van der Waals surface area contributed by atoms with Crippen LogP contribution in [0.2, 0.25) is 0 Å². The molecule has 0 aliphatic carbocycles. The number of hydrogen-bond acceptors (Lipinski definition) is 2. The van der Waals surface area contributed by atoms with Crippen LogP contribution in [0.15, 0.2) is 23.2 Å². The highest BCUT2D eigenvalue weighted by molar-refractivity contribution is 5.36. The topological polar surface area (TPSA) is 29.4 Å². The molecule has 0 saturated heterocycles. The lowest BCUT2D eigenvalue weighted by Gasteiger charge is -2.05. The molecule has 0 bridgehead atoms. The van der Waals surface area contributed by atoms with E-state index in [4.69, 9.17) is 0 Å². The first-order chi connectivity index (χ1) is 6.65. The molecule has 0 unspecified atom stereocenters. The minimum atomic E-state index is -2.49. The van der Waals surface area contributed by atoms with Gasteiger partial charge in [-0.05, 0) is 24.1 Å². The molecule has 2 nitrogen and oxygen atoms in total. The number of benzene rings is 1. The average Bonchev–Trinajstić information content (AvgIpc) is 2.16. The van der Waals surface area contributed by atoms with Crippen LogP contribution < -0.4 is 0 Å². The van der Waals surface area contributed by atoms with E-state index in [9.17, 15) is 13.6 Å². The van der Waals surface area contributed by atoms with Crippen LogP contribution in [-0.4, -0.2) is 6.08 Å². The van der Waals surface area contributed by atoms with E-state index in [1.165, 1.54) is 12.1 Å². The summed E-state index contributed by atoms with van der Waals surface area (Å²) in [5.41, 5.74) is 1.12. The molecule has 74 valence electrons. The van der Waals surface area contributed by atoms with Gasteiger partial charge in [0.2, 0.25) is 6.08 Å². The Morgan fingerprint density at radius 2 is 2.21 bits per heavy atom. The highest BCUT2D eigenvalue weighted by atomic mass is 19.3. The molecule has 0 aliphatic heterocycles. The Morgan fingerprint density at radius 1 is 1.50 bits per heavy atom. The summed E-state index contributed by atoms with van der Waals surface area (Å²) in [5.74, 6) is 0. The maximum atomic E-state index is 12.4. The van der Waals surface area contributed by atoms with Crippen LogP contribution in [0.1, 0.15) is 23.1 Å². The third kappa shape index (κ3) is 2.47. The van der Waals surface area contributed by atoms with Crippen molar-refractivity contribution in [1.82, 2.24) is 0 Å². The molecule has 0 aliphatic rings. The molecular weight excluding hydrogens is 188 g/mol. The lowest BCUT2D eigenvalue weighted by atomic mass is 10.1. The number of rotatable bonds is 3. The molecular formula is C10H9F2NO. The first kappa shape index (κ1) is 10.5. The molecule has 0 aromatic heterocycles. The Morgan fingerprint density at radius 3 is 2.79 bits per heavy atom. The van der Waals surface area contributed by atoms with Crippen molar-refractivity contribution in [3.05, 3.63) is 34.9 Å². The SMILES string of the molecule is Cc1ccc(CN=C=O)cc1C(F)F. The largest absolute Gasteiger partial charge is 0.264 e. The molecule has 0 amide bonds. The molecule has 0 saturated carbocycles. The van der Waals surface area contributed by atoms with Gasteiger partial charge in [-0.15, -0.1) is 0 Å². The van der Waals surface area contributed by atoms with Crippen LogP contribution >= 0.6 is 0 Å². The Balaban J connectivity index is 2.99. The van der Waals surface area contributed by atoms with E-state index in [-0.39, 0.29) is 12.1 Å². The highest BCUT2D eigenvalue weighted by Crippen LogP contribution is 2.23. The van der Waals surface area contributed by atoms with E-state index >= 15 is 0 Å². The van der Waals surface area contributed by atoms with Crippen LogP contribution in [0, 0.1) is 6.92 Å². The van der Waals surface area contributed by atoms with Crippen molar-refractivity contribution in [2.24, 2.45) is 4.99 Å². The number of alkyl halides is 2. The molecule has 0 heterocycles. The van der Waals surface area contributed by atoms with Crippen molar-refractivity contribution < 1.29 is 13.6 Å². The summed E-state index contributed by atoms with van der Waals surface area (Å²) < 4.78 is 24.8. The van der Waals surface area contributed by atoms with Gasteiger partial charge in [0, 0.05) is 5.56 Å². The number of hydrogen-bond donors (Lipinski definition) is 0. The summed E-state index contributed by atoms with van der Waals surface area (Å²) in [4.78, 5) is 13.1. The fraction of sp³-hybridized carbons (Fsp3) is 0.300. The number of halogens is 2. The molecule has 4 heteroatoms. The van der Waals surface area contributed by atoms with Crippen LogP contribution in [0.3, 0.4) is 0 Å². The Bertz CT molecular complexity index is 370. The summed E-state index contributed by atoms with van der Waals surface area (Å²) in [5, 5.41) is 0. The Labute approximate surface area is 80.3 Å². The normalized spacial score (nSPS) is 10.0. The summed E-state index contributed by atoms with van der Waals surface area (Å²) >= 11 is 0. The minimum absolute atomic E-state index is 0.0106. The van der Waals surface area contributed by atoms with Crippen LogP contribution in [0.5, 0.6) is 0 Å². The first-order valence-corrected chi connectivity index (χ1v) is 4.06. The molecule has 0 fully saturated rings. The monoisotopic (exact) mass is 197 g/mol. The highest BCUT2D eigenvalue weighted by Gasteiger charge is 2.10. The fourth-order valence-corrected chi connectivity index (χ4v) is 1.15. The fourth-order valence-electron chi connectivity index (χ4n) is 1.15. The van der Waals surface area contributed by atoms with Crippen molar-refractivity contribution in [2.45, 2.75) is 19.9 Å². The maximum absolute atomic E-state index is 12.4. The van der Waals surface area contributed by atoms with Gasteiger partial charge in [0.05, 0.1) is 6.54 Å². The first-order valence-electron chi connectivity index (χ1n) is 4.06. The van der Waals surface area contributed by atoms with E-state index in [2.05, 4.69) is 4.99 Å². The van der Waals surface area contributed by atoms with Crippen molar-refractivity contribution in [3.63, 3.8) is 0 Å². The van der Waals surface area contributed by atoms with E-state index in [0.717, 1.165) is 0 Å². The van der Waals surface area contributed by atoms with Gasteiger partial charge in [0.25, 0.3) is 6.43 Å². The third-order valence-electron chi connectivity index (χ3n) is 1.90. The number of carbonyl (C=O) groups excluding carboxylic acids is 1. The van der Waals surface area contributed by atoms with Gasteiger partial charge in [-0.25, -0.2) is 18.6 Å². The second kappa shape index (κ2) is 4.63. The Hall–Kier alpha value is -1.54. The summed E-state index contributed by atoms with van der Waals surface area (Å²) in [6.07, 6.45) is -1.12. The zero-order chi connectivity index (χ0) is 10.6. The van der Waals surface area contributed by atoms with E-state index in [1.54, 1.807) is 19.1 Å². The van der Waals surface area contributed by atoms with Crippen molar-refractivity contribution in [2.75, 3.05) is 0 Å². The van der Waals surface area contributed by atoms with Crippen LogP contribution in [0.25, 0.3) is 0 Å². The average molecular weight is 197 g/mol. The van der Waals surface area contributed by atoms with Crippen LogP contribution in [0.4, 0.5) is 8.78 Å². The predicted molar refractivity (Wildman–Crippen MR) is 48.0 cm³/mol.